The number of aromatic nitrogens is 2. The number of amides is 1. The highest BCUT2D eigenvalue weighted by molar-refractivity contribution is 7.20. The Morgan fingerprint density at radius 2 is 2.38 bits per heavy atom. The molecule has 0 spiro atoms. The molecule has 1 fully saturated rings. The fourth-order valence-corrected chi connectivity index (χ4v) is 4.03. The summed E-state index contributed by atoms with van der Waals surface area (Å²) in [6, 6.07) is 0.0124. The molecule has 0 aliphatic heterocycles. The van der Waals surface area contributed by atoms with E-state index in [9.17, 15) is 14.7 Å². The maximum atomic E-state index is 12.4. The molecular weight excluding hydrogens is 290 g/mol. The van der Waals surface area contributed by atoms with E-state index in [1.807, 2.05) is 0 Å². The van der Waals surface area contributed by atoms with Crippen molar-refractivity contribution in [2.24, 2.45) is 5.92 Å². The third-order valence-electron chi connectivity index (χ3n) is 4.15. The average Bonchev–Trinajstić information content (AvgIpc) is 3.04. The van der Waals surface area contributed by atoms with Crippen molar-refractivity contribution in [1.29, 1.82) is 0 Å². The number of nitrogens with zero attached hydrogens (tertiary/aromatic N) is 1. The van der Waals surface area contributed by atoms with Crippen molar-refractivity contribution in [3.63, 3.8) is 0 Å². The number of rotatable bonds is 3. The topological polar surface area (TPSA) is 95.1 Å². The highest BCUT2D eigenvalue weighted by Crippen LogP contribution is 2.29. The first-order valence-corrected chi connectivity index (χ1v) is 7.82. The van der Waals surface area contributed by atoms with Crippen LogP contribution in [0.4, 0.5) is 0 Å². The number of hydrogen-bond acceptors (Lipinski definition) is 5. The van der Waals surface area contributed by atoms with Gasteiger partial charge in [0, 0.05) is 18.6 Å². The second-order valence-electron chi connectivity index (χ2n) is 5.42. The first-order chi connectivity index (χ1) is 10.1. The van der Waals surface area contributed by atoms with Crippen LogP contribution in [0.5, 0.6) is 0 Å². The molecule has 2 aromatic heterocycles. The van der Waals surface area contributed by atoms with E-state index in [0.717, 1.165) is 19.3 Å². The van der Waals surface area contributed by atoms with Gasteiger partial charge in [0.05, 0.1) is 16.6 Å². The van der Waals surface area contributed by atoms with Crippen LogP contribution in [0, 0.1) is 12.8 Å². The van der Waals surface area contributed by atoms with Crippen LogP contribution >= 0.6 is 11.3 Å². The first-order valence-electron chi connectivity index (χ1n) is 7.00. The van der Waals surface area contributed by atoms with Crippen LogP contribution in [0.15, 0.2) is 11.1 Å². The van der Waals surface area contributed by atoms with Gasteiger partial charge in [0.2, 0.25) is 0 Å². The van der Waals surface area contributed by atoms with Crippen LogP contribution in [0.25, 0.3) is 10.2 Å². The van der Waals surface area contributed by atoms with Crippen LogP contribution in [-0.4, -0.2) is 33.6 Å². The highest BCUT2D eigenvalue weighted by atomic mass is 32.1. The number of carbonyl (C=O) groups is 1. The number of fused-ring (bicyclic) bond motifs is 1. The summed E-state index contributed by atoms with van der Waals surface area (Å²) in [7, 11) is 0. The zero-order valence-corrected chi connectivity index (χ0v) is 12.5. The van der Waals surface area contributed by atoms with Crippen LogP contribution in [0.1, 0.15) is 34.5 Å². The number of aromatic amines is 1. The molecule has 7 heteroatoms. The van der Waals surface area contributed by atoms with Crippen LogP contribution < -0.4 is 10.9 Å². The summed E-state index contributed by atoms with van der Waals surface area (Å²) in [5.41, 5.74) is 0.447. The number of aryl methyl sites for hydroxylation is 1. The molecule has 3 rings (SSSR count). The van der Waals surface area contributed by atoms with E-state index in [0.29, 0.717) is 20.7 Å². The lowest BCUT2D eigenvalue weighted by Crippen LogP contribution is -2.38. The van der Waals surface area contributed by atoms with Crippen molar-refractivity contribution in [1.82, 2.24) is 15.3 Å². The number of aliphatic hydroxyl groups excluding tert-OH is 1. The first kappa shape index (κ1) is 14.2. The molecule has 6 nitrogen and oxygen atoms in total. The van der Waals surface area contributed by atoms with Gasteiger partial charge >= 0.3 is 0 Å². The smallest absolute Gasteiger partial charge is 0.261 e. The van der Waals surface area contributed by atoms with Gasteiger partial charge in [0.15, 0.2) is 0 Å². The van der Waals surface area contributed by atoms with Crippen molar-refractivity contribution in [3.8, 4) is 0 Å². The molecule has 0 aromatic carbocycles. The number of thiophene rings is 1. The molecule has 2 atom stereocenters. The van der Waals surface area contributed by atoms with E-state index in [1.54, 1.807) is 6.92 Å². The number of aliphatic hydroxyl groups is 1. The monoisotopic (exact) mass is 307 g/mol. The summed E-state index contributed by atoms with van der Waals surface area (Å²) in [5, 5.41) is 12.8. The third-order valence-corrected chi connectivity index (χ3v) is 5.35. The second-order valence-corrected chi connectivity index (χ2v) is 6.42. The Hall–Kier alpha value is -1.73. The van der Waals surface area contributed by atoms with E-state index in [4.69, 9.17) is 0 Å². The summed E-state index contributed by atoms with van der Waals surface area (Å²) in [6.07, 6.45) is 4.19. The maximum Gasteiger partial charge on any atom is 0.261 e. The van der Waals surface area contributed by atoms with Gasteiger partial charge in [0.1, 0.15) is 4.83 Å². The lowest BCUT2D eigenvalue weighted by Gasteiger charge is -2.18. The molecular formula is C14H17N3O3S. The standard InChI is InChI=1S/C14H17N3O3S/c1-7-10-12(19)15-6-16-14(10)21-11(7)13(20)17-9-4-2-3-8(9)5-18/h6,8-9,18H,2-5H2,1H3,(H,17,20)(H,15,16,19). The predicted molar refractivity (Wildman–Crippen MR) is 80.7 cm³/mol. The molecule has 2 aromatic rings. The minimum absolute atomic E-state index is 0.0124. The quantitative estimate of drug-likeness (QED) is 0.793. The van der Waals surface area contributed by atoms with Gasteiger partial charge in [-0.25, -0.2) is 4.98 Å². The molecule has 1 saturated carbocycles. The summed E-state index contributed by atoms with van der Waals surface area (Å²) >= 11 is 1.23. The molecule has 2 unspecified atom stereocenters. The molecule has 1 aliphatic carbocycles. The van der Waals surface area contributed by atoms with Gasteiger partial charge in [0.25, 0.3) is 11.5 Å². The highest BCUT2D eigenvalue weighted by Gasteiger charge is 2.29. The van der Waals surface area contributed by atoms with E-state index >= 15 is 0 Å². The molecule has 0 bridgehead atoms. The van der Waals surface area contributed by atoms with Gasteiger partial charge in [-0.1, -0.05) is 6.42 Å². The van der Waals surface area contributed by atoms with Crippen LogP contribution in [0.2, 0.25) is 0 Å². The SMILES string of the molecule is Cc1c(C(=O)NC2CCCC2CO)sc2nc[nH]c(=O)c12. The molecule has 1 aliphatic rings. The van der Waals surface area contributed by atoms with E-state index in [2.05, 4.69) is 15.3 Å². The minimum atomic E-state index is -0.220. The van der Waals surface area contributed by atoms with Gasteiger partial charge in [-0.3, -0.25) is 9.59 Å². The van der Waals surface area contributed by atoms with Gasteiger partial charge < -0.3 is 15.4 Å². The van der Waals surface area contributed by atoms with Crippen LogP contribution in [-0.2, 0) is 0 Å². The van der Waals surface area contributed by atoms with Gasteiger partial charge in [-0.15, -0.1) is 11.3 Å². The fourth-order valence-electron chi connectivity index (χ4n) is 2.97. The van der Waals surface area contributed by atoms with E-state index < -0.39 is 0 Å². The Bertz CT molecular complexity index is 737. The number of carbonyl (C=O) groups excluding carboxylic acids is 1. The molecule has 1 amide bonds. The zero-order chi connectivity index (χ0) is 15.0. The summed E-state index contributed by atoms with van der Waals surface area (Å²) in [4.78, 5) is 32.0. The average molecular weight is 307 g/mol. The van der Waals surface area contributed by atoms with Crippen molar-refractivity contribution in [3.05, 3.63) is 27.1 Å². The van der Waals surface area contributed by atoms with Crippen molar-refractivity contribution in [2.75, 3.05) is 6.61 Å². The predicted octanol–water partition coefficient (Wildman–Crippen LogP) is 1.18. The number of nitrogens with one attached hydrogen (secondary N) is 2. The lowest BCUT2D eigenvalue weighted by molar-refractivity contribution is 0.0919. The number of hydrogen-bond donors (Lipinski definition) is 3. The maximum absolute atomic E-state index is 12.4. The zero-order valence-electron chi connectivity index (χ0n) is 11.7. The largest absolute Gasteiger partial charge is 0.396 e. The molecule has 112 valence electrons. The minimum Gasteiger partial charge on any atom is -0.396 e. The third kappa shape index (κ3) is 2.47. The summed E-state index contributed by atoms with van der Waals surface area (Å²) in [5.74, 6) is -0.0505. The van der Waals surface area contributed by atoms with Crippen LogP contribution in [0.3, 0.4) is 0 Å². The molecule has 0 saturated heterocycles. The van der Waals surface area contributed by atoms with E-state index in [-0.39, 0.29) is 30.0 Å². The number of H-pyrrole nitrogens is 1. The molecule has 2 heterocycles. The van der Waals surface area contributed by atoms with E-state index in [1.165, 1.54) is 17.7 Å². The Morgan fingerprint density at radius 1 is 1.57 bits per heavy atom. The summed E-state index contributed by atoms with van der Waals surface area (Å²) < 4.78 is 0. The Labute approximate surface area is 125 Å². The lowest BCUT2D eigenvalue weighted by atomic mass is 10.0. The van der Waals surface area contributed by atoms with Crippen molar-refractivity contribution < 1.29 is 9.90 Å². The molecule has 3 N–H and O–H groups in total. The Kier molecular flexibility index (Phi) is 3.77. The van der Waals surface area contributed by atoms with Crippen molar-refractivity contribution >= 4 is 27.5 Å². The van der Waals surface area contributed by atoms with Gasteiger partial charge in [-0.2, -0.15) is 0 Å². The van der Waals surface area contributed by atoms with Gasteiger partial charge in [-0.05, 0) is 25.3 Å². The fraction of sp³-hybridized carbons (Fsp3) is 0.500. The summed E-state index contributed by atoms with van der Waals surface area (Å²) in [6.45, 7) is 1.86. The normalized spacial score (nSPS) is 21.8. The Balaban J connectivity index is 1.90. The molecule has 0 radical (unpaired) electrons. The Morgan fingerprint density at radius 3 is 3.10 bits per heavy atom. The van der Waals surface area contributed by atoms with Crippen molar-refractivity contribution in [2.45, 2.75) is 32.2 Å². The second kappa shape index (κ2) is 5.57. The molecule has 21 heavy (non-hydrogen) atoms.